The Balaban J connectivity index is 4.36. The van der Waals surface area contributed by atoms with Crippen molar-refractivity contribution in [2.45, 2.75) is 174 Å². The number of rotatable bonds is 41. The second kappa shape index (κ2) is 43.8. The van der Waals surface area contributed by atoms with E-state index < -0.39 is 32.5 Å². The van der Waals surface area contributed by atoms with E-state index in [0.29, 0.717) is 19.4 Å². The van der Waals surface area contributed by atoms with E-state index in [1.807, 2.05) is 12.2 Å². The van der Waals surface area contributed by atoms with Gasteiger partial charge >= 0.3 is 19.8 Å². The Morgan fingerprint density at radius 3 is 1.45 bits per heavy atom. The van der Waals surface area contributed by atoms with E-state index in [9.17, 15) is 19.0 Å². The first-order valence-corrected chi connectivity index (χ1v) is 24.0. The average Bonchev–Trinajstić information content (AvgIpc) is 3.21. The summed E-state index contributed by atoms with van der Waals surface area (Å²) in [4.78, 5) is 35.1. The number of allylic oxidation sites excluding steroid dienone is 14. The molecule has 0 heterocycles. The zero-order valence-electron chi connectivity index (χ0n) is 36.7. The summed E-state index contributed by atoms with van der Waals surface area (Å²) >= 11 is 0. The van der Waals surface area contributed by atoms with E-state index in [2.05, 4.69) is 92.1 Å². The molecule has 0 aromatic carbocycles. The van der Waals surface area contributed by atoms with Crippen molar-refractivity contribution in [3.05, 3.63) is 85.1 Å². The first kappa shape index (κ1) is 55.2. The van der Waals surface area contributed by atoms with Gasteiger partial charge in [0.1, 0.15) is 6.61 Å². The largest absolute Gasteiger partial charge is 0.472 e. The lowest BCUT2D eigenvalue weighted by molar-refractivity contribution is -0.161. The Hall–Kier alpha value is -2.81. The van der Waals surface area contributed by atoms with E-state index in [1.54, 1.807) is 7.05 Å². The van der Waals surface area contributed by atoms with Crippen molar-refractivity contribution in [3.63, 3.8) is 0 Å². The molecule has 0 rings (SSSR count). The molecule has 0 bridgehead atoms. The predicted molar refractivity (Wildman–Crippen MR) is 243 cm³/mol. The van der Waals surface area contributed by atoms with Crippen LogP contribution in [0.3, 0.4) is 0 Å². The SMILES string of the molecule is CCCCC/C=C\C/C=C\C/C=C\C/C=C\C/C=C\CCC(=O)OCC(COP(=O)(O)OCCNC)OC(=O)CCCCCCCCC/C=C\C/C=C\CCCCC. The molecule has 10 heteroatoms. The highest BCUT2D eigenvalue weighted by Crippen LogP contribution is 2.43. The van der Waals surface area contributed by atoms with Gasteiger partial charge in [-0.05, 0) is 90.5 Å². The van der Waals surface area contributed by atoms with Gasteiger partial charge in [0.05, 0.1) is 13.2 Å². The van der Waals surface area contributed by atoms with Gasteiger partial charge in [-0.1, -0.05) is 157 Å². The van der Waals surface area contributed by atoms with E-state index >= 15 is 0 Å². The number of carbonyl (C=O) groups is 2. The molecule has 0 aliphatic rings. The number of esters is 2. The Kier molecular flexibility index (Phi) is 41.6. The minimum absolute atomic E-state index is 0.0339. The van der Waals surface area contributed by atoms with Crippen LogP contribution >= 0.6 is 7.82 Å². The van der Waals surface area contributed by atoms with Crippen LogP contribution in [0.4, 0.5) is 0 Å². The number of ether oxygens (including phenoxy) is 2. The molecule has 0 spiro atoms. The van der Waals surface area contributed by atoms with E-state index in [-0.39, 0.29) is 26.1 Å². The third-order valence-corrected chi connectivity index (χ3v) is 9.99. The highest BCUT2D eigenvalue weighted by Gasteiger charge is 2.26. The molecule has 9 nitrogen and oxygen atoms in total. The van der Waals surface area contributed by atoms with Crippen molar-refractivity contribution >= 4 is 19.8 Å². The van der Waals surface area contributed by atoms with Crippen molar-refractivity contribution in [3.8, 4) is 0 Å². The fourth-order valence-corrected chi connectivity index (χ4v) is 6.32. The molecule has 58 heavy (non-hydrogen) atoms. The lowest BCUT2D eigenvalue weighted by Crippen LogP contribution is -2.29. The zero-order valence-corrected chi connectivity index (χ0v) is 37.6. The van der Waals surface area contributed by atoms with E-state index in [0.717, 1.165) is 57.8 Å². The molecule has 0 fully saturated rings. The molecule has 2 unspecified atom stereocenters. The van der Waals surface area contributed by atoms with Gasteiger partial charge < -0.3 is 19.7 Å². The number of unbranched alkanes of at least 4 members (excludes halogenated alkanes) is 13. The predicted octanol–water partition coefficient (Wildman–Crippen LogP) is 13.1. The summed E-state index contributed by atoms with van der Waals surface area (Å²) in [6.45, 7) is 4.06. The number of nitrogens with one attached hydrogen (secondary N) is 1. The van der Waals surface area contributed by atoms with Crippen molar-refractivity contribution in [2.75, 3.05) is 33.4 Å². The summed E-state index contributed by atoms with van der Waals surface area (Å²) in [5.41, 5.74) is 0. The minimum atomic E-state index is -4.37. The molecule has 2 N–H and O–H groups in total. The highest BCUT2D eigenvalue weighted by molar-refractivity contribution is 7.47. The second-order valence-electron chi connectivity index (χ2n) is 14.5. The molecule has 0 aromatic rings. The van der Waals surface area contributed by atoms with Gasteiger partial charge in [-0.15, -0.1) is 0 Å². The van der Waals surface area contributed by atoms with Crippen LogP contribution in [-0.4, -0.2) is 56.3 Å². The number of likely N-dealkylation sites (N-methyl/N-ethyl adjacent to an activating group) is 1. The quantitative estimate of drug-likeness (QED) is 0.0268. The van der Waals surface area contributed by atoms with Crippen LogP contribution in [0.25, 0.3) is 0 Å². The normalized spacial score (nSPS) is 14.1. The highest BCUT2D eigenvalue weighted by atomic mass is 31.2. The molecular weight excluding hydrogens is 750 g/mol. The Morgan fingerprint density at radius 2 is 0.966 bits per heavy atom. The minimum Gasteiger partial charge on any atom is -0.462 e. The van der Waals surface area contributed by atoms with Gasteiger partial charge in [0.2, 0.25) is 0 Å². The fraction of sp³-hybridized carbons (Fsp3) is 0.667. The zero-order chi connectivity index (χ0) is 42.5. The maximum atomic E-state index is 12.6. The fourth-order valence-electron chi connectivity index (χ4n) is 5.56. The van der Waals surface area contributed by atoms with Crippen LogP contribution in [0.5, 0.6) is 0 Å². The van der Waals surface area contributed by atoms with Crippen LogP contribution in [0.2, 0.25) is 0 Å². The summed E-state index contributed by atoms with van der Waals surface area (Å²) in [7, 11) is -2.68. The standard InChI is InChI=1S/C48H82NO8P/c1-4-6-8-10-12-14-16-18-20-22-23-25-26-28-30-32-34-36-38-40-47(50)54-44-46(45-56-58(52,53)55-43-42-49-3)57-48(51)41-39-37-35-33-31-29-27-24-21-19-17-15-13-11-9-7-5-2/h12-15,18-21,23,25,28,30,34,36,46,49H,4-11,16-17,22,24,26-27,29,31-33,35,37-45H2,1-3H3,(H,52,53)/b14-12-,15-13-,20-18-,21-19-,25-23-,30-28-,36-34-. The van der Waals surface area contributed by atoms with Gasteiger partial charge in [0.15, 0.2) is 6.10 Å². The van der Waals surface area contributed by atoms with Crippen LogP contribution in [0, 0.1) is 0 Å². The summed E-state index contributed by atoms with van der Waals surface area (Å²) in [6, 6.07) is 0. The molecular formula is C48H82NO8P. The number of hydrogen-bond acceptors (Lipinski definition) is 8. The molecule has 0 aliphatic heterocycles. The van der Waals surface area contributed by atoms with Crippen molar-refractivity contribution < 1.29 is 37.6 Å². The van der Waals surface area contributed by atoms with Gasteiger partial charge in [0.25, 0.3) is 0 Å². The summed E-state index contributed by atoms with van der Waals surface area (Å²) in [5, 5.41) is 2.82. The average molecular weight is 832 g/mol. The molecule has 0 aromatic heterocycles. The summed E-state index contributed by atoms with van der Waals surface area (Å²) in [5.74, 6) is -0.918. The molecule has 0 saturated carbocycles. The topological polar surface area (TPSA) is 120 Å². The maximum Gasteiger partial charge on any atom is 0.472 e. The third kappa shape index (κ3) is 42.8. The molecule has 332 valence electrons. The first-order valence-electron chi connectivity index (χ1n) is 22.5. The van der Waals surface area contributed by atoms with E-state index in [4.69, 9.17) is 18.5 Å². The second-order valence-corrected chi connectivity index (χ2v) is 16.0. The number of hydrogen-bond donors (Lipinski definition) is 2. The molecule has 0 amide bonds. The molecule has 2 atom stereocenters. The van der Waals surface area contributed by atoms with Gasteiger partial charge in [0, 0.05) is 19.4 Å². The van der Waals surface area contributed by atoms with Gasteiger partial charge in [-0.2, -0.15) is 0 Å². The summed E-state index contributed by atoms with van der Waals surface area (Å²) in [6.07, 6.45) is 53.5. The lowest BCUT2D eigenvalue weighted by Gasteiger charge is -2.20. The monoisotopic (exact) mass is 832 g/mol. The number of phosphoric acid groups is 1. The first-order chi connectivity index (χ1) is 28.3. The Bertz CT molecular complexity index is 1220. The Labute approximate surface area is 354 Å². The van der Waals surface area contributed by atoms with E-state index in [1.165, 1.54) is 70.6 Å². The molecule has 0 saturated heterocycles. The number of phosphoric ester groups is 1. The third-order valence-electron chi connectivity index (χ3n) is 9.00. The van der Waals surface area contributed by atoms with Gasteiger partial charge in [-0.3, -0.25) is 18.6 Å². The Morgan fingerprint density at radius 1 is 0.534 bits per heavy atom. The summed E-state index contributed by atoms with van der Waals surface area (Å²) < 4.78 is 33.1. The van der Waals surface area contributed by atoms with Crippen LogP contribution < -0.4 is 5.32 Å². The van der Waals surface area contributed by atoms with Crippen molar-refractivity contribution in [1.29, 1.82) is 0 Å². The van der Waals surface area contributed by atoms with Crippen molar-refractivity contribution in [2.24, 2.45) is 0 Å². The molecule has 0 aliphatic carbocycles. The van der Waals surface area contributed by atoms with Crippen molar-refractivity contribution in [1.82, 2.24) is 5.32 Å². The lowest BCUT2D eigenvalue weighted by atomic mass is 10.1. The van der Waals surface area contributed by atoms with Crippen LogP contribution in [0.15, 0.2) is 85.1 Å². The number of carbonyl (C=O) groups excluding carboxylic acids is 2. The van der Waals surface area contributed by atoms with Gasteiger partial charge in [-0.25, -0.2) is 4.57 Å². The molecule has 0 radical (unpaired) electrons. The smallest absolute Gasteiger partial charge is 0.462 e. The van der Waals surface area contributed by atoms with Crippen LogP contribution in [0.1, 0.15) is 168 Å². The maximum absolute atomic E-state index is 12.6. The van der Waals surface area contributed by atoms with Crippen LogP contribution in [-0.2, 0) is 32.7 Å².